The number of hydrogen-bond donors (Lipinski definition) is 2. The van der Waals surface area contributed by atoms with Crippen molar-refractivity contribution in [2.75, 3.05) is 43.6 Å². The zero-order chi connectivity index (χ0) is 22.7. The molecule has 3 N–H and O–H groups in total. The van der Waals surface area contributed by atoms with E-state index < -0.39 is 18.0 Å². The molecule has 2 heterocycles. The van der Waals surface area contributed by atoms with Crippen molar-refractivity contribution in [2.45, 2.75) is 12.5 Å². The SMILES string of the molecule is COc1ccc(NC2N=C(N)N=C(N3CCOCC3)N2c2ccc(C(F)(F)F)cc2)cc1. The summed E-state index contributed by atoms with van der Waals surface area (Å²) in [6.07, 6.45) is -5.15. The number of guanidine groups is 2. The van der Waals surface area contributed by atoms with Gasteiger partial charge in [0.15, 0.2) is 0 Å². The number of hydrogen-bond acceptors (Lipinski definition) is 8. The number of benzene rings is 2. The van der Waals surface area contributed by atoms with Crippen molar-refractivity contribution in [3.8, 4) is 5.75 Å². The Hall–Kier alpha value is -3.47. The van der Waals surface area contributed by atoms with Gasteiger partial charge in [0.1, 0.15) is 5.75 Å². The maximum Gasteiger partial charge on any atom is 0.416 e. The zero-order valence-electron chi connectivity index (χ0n) is 17.3. The van der Waals surface area contributed by atoms with Crippen LogP contribution in [-0.2, 0) is 10.9 Å². The lowest BCUT2D eigenvalue weighted by molar-refractivity contribution is -0.137. The van der Waals surface area contributed by atoms with Crippen LogP contribution in [0.5, 0.6) is 5.75 Å². The van der Waals surface area contributed by atoms with E-state index in [1.165, 1.54) is 12.1 Å². The summed E-state index contributed by atoms with van der Waals surface area (Å²) in [4.78, 5) is 12.5. The molecular weight excluding hydrogens is 425 g/mol. The van der Waals surface area contributed by atoms with E-state index >= 15 is 0 Å². The van der Waals surface area contributed by atoms with Crippen LogP contribution in [-0.4, -0.2) is 56.5 Å². The van der Waals surface area contributed by atoms with Crippen LogP contribution < -0.4 is 20.7 Å². The molecule has 2 aliphatic heterocycles. The van der Waals surface area contributed by atoms with Gasteiger partial charge in [-0.2, -0.15) is 18.2 Å². The van der Waals surface area contributed by atoms with Gasteiger partial charge in [-0.15, -0.1) is 0 Å². The van der Waals surface area contributed by atoms with E-state index in [0.717, 1.165) is 17.8 Å². The molecule has 32 heavy (non-hydrogen) atoms. The highest BCUT2D eigenvalue weighted by molar-refractivity contribution is 6.06. The Morgan fingerprint density at radius 3 is 2.31 bits per heavy atom. The molecule has 4 rings (SSSR count). The van der Waals surface area contributed by atoms with Gasteiger partial charge in [0.2, 0.25) is 18.2 Å². The molecule has 170 valence electrons. The van der Waals surface area contributed by atoms with Crippen molar-refractivity contribution in [3.63, 3.8) is 0 Å². The Morgan fingerprint density at radius 1 is 1.06 bits per heavy atom. The van der Waals surface area contributed by atoms with Gasteiger partial charge in [-0.05, 0) is 48.5 Å². The smallest absolute Gasteiger partial charge is 0.416 e. The predicted molar refractivity (Wildman–Crippen MR) is 116 cm³/mol. The Morgan fingerprint density at radius 2 is 1.72 bits per heavy atom. The van der Waals surface area contributed by atoms with Crippen LogP contribution in [0.2, 0.25) is 0 Å². The molecule has 0 saturated carbocycles. The van der Waals surface area contributed by atoms with Gasteiger partial charge in [-0.25, -0.2) is 4.99 Å². The van der Waals surface area contributed by atoms with Gasteiger partial charge in [0.05, 0.1) is 25.9 Å². The minimum atomic E-state index is -4.43. The van der Waals surface area contributed by atoms with Gasteiger partial charge in [-0.3, -0.25) is 4.90 Å². The second-order valence-corrected chi connectivity index (χ2v) is 7.16. The number of nitrogens with two attached hydrogens (primary N) is 1. The number of aliphatic imine (C=N–C) groups is 2. The van der Waals surface area contributed by atoms with Crippen LogP contribution in [0.1, 0.15) is 5.56 Å². The lowest BCUT2D eigenvalue weighted by Crippen LogP contribution is -2.57. The monoisotopic (exact) mass is 448 g/mol. The van der Waals surface area contributed by atoms with Crippen LogP contribution in [0.15, 0.2) is 58.5 Å². The van der Waals surface area contributed by atoms with Crippen molar-refractivity contribution in [1.29, 1.82) is 0 Å². The van der Waals surface area contributed by atoms with Gasteiger partial charge in [0.25, 0.3) is 0 Å². The van der Waals surface area contributed by atoms with Gasteiger partial charge in [-0.1, -0.05) is 0 Å². The van der Waals surface area contributed by atoms with Gasteiger partial charge < -0.3 is 25.4 Å². The Bertz CT molecular complexity index is 986. The number of morpholine rings is 1. The molecule has 2 aliphatic rings. The van der Waals surface area contributed by atoms with Crippen LogP contribution in [0.4, 0.5) is 24.5 Å². The molecule has 0 amide bonds. The number of halogens is 3. The molecule has 0 aromatic heterocycles. The van der Waals surface area contributed by atoms with E-state index in [9.17, 15) is 13.2 Å². The summed E-state index contributed by atoms with van der Waals surface area (Å²) in [6.45, 7) is 2.15. The maximum absolute atomic E-state index is 13.1. The highest BCUT2D eigenvalue weighted by Gasteiger charge is 2.34. The third kappa shape index (κ3) is 4.72. The number of nitrogens with one attached hydrogen (secondary N) is 1. The maximum atomic E-state index is 13.1. The number of ether oxygens (including phenoxy) is 2. The summed E-state index contributed by atoms with van der Waals surface area (Å²) in [5.74, 6) is 1.25. The molecule has 1 saturated heterocycles. The van der Waals surface area contributed by atoms with E-state index in [-0.39, 0.29) is 5.96 Å². The summed E-state index contributed by atoms with van der Waals surface area (Å²) >= 11 is 0. The molecule has 1 unspecified atom stereocenters. The van der Waals surface area contributed by atoms with Crippen molar-refractivity contribution in [2.24, 2.45) is 15.7 Å². The molecule has 8 nitrogen and oxygen atoms in total. The minimum Gasteiger partial charge on any atom is -0.497 e. The number of anilines is 2. The molecule has 2 aromatic rings. The first-order valence-electron chi connectivity index (χ1n) is 9.97. The van der Waals surface area contributed by atoms with Crippen molar-refractivity contribution >= 4 is 23.3 Å². The topological polar surface area (TPSA) is 87.7 Å². The second kappa shape index (κ2) is 8.95. The molecule has 2 aromatic carbocycles. The predicted octanol–water partition coefficient (Wildman–Crippen LogP) is 2.93. The van der Waals surface area contributed by atoms with Crippen molar-refractivity contribution in [3.05, 3.63) is 54.1 Å². The van der Waals surface area contributed by atoms with Crippen molar-refractivity contribution in [1.82, 2.24) is 4.90 Å². The molecule has 1 atom stereocenters. The average Bonchev–Trinajstić information content (AvgIpc) is 2.79. The lowest BCUT2D eigenvalue weighted by atomic mass is 10.2. The summed E-state index contributed by atoms with van der Waals surface area (Å²) in [7, 11) is 1.58. The fourth-order valence-corrected chi connectivity index (χ4v) is 3.46. The highest BCUT2D eigenvalue weighted by atomic mass is 19.4. The fraction of sp³-hybridized carbons (Fsp3) is 0.333. The summed E-state index contributed by atoms with van der Waals surface area (Å²) < 4.78 is 49.9. The summed E-state index contributed by atoms with van der Waals surface area (Å²) in [5.41, 5.74) is 6.50. The number of methoxy groups -OCH3 is 1. The minimum absolute atomic E-state index is 0.0701. The molecule has 0 radical (unpaired) electrons. The van der Waals surface area contributed by atoms with Crippen LogP contribution >= 0.6 is 0 Å². The Kier molecular flexibility index (Phi) is 6.08. The first-order chi connectivity index (χ1) is 15.3. The fourth-order valence-electron chi connectivity index (χ4n) is 3.46. The van der Waals surface area contributed by atoms with Crippen LogP contribution in [0, 0.1) is 0 Å². The average molecular weight is 448 g/mol. The second-order valence-electron chi connectivity index (χ2n) is 7.16. The summed E-state index contributed by atoms with van der Waals surface area (Å²) in [5, 5.41) is 3.27. The van der Waals surface area contributed by atoms with E-state index in [2.05, 4.69) is 15.3 Å². The van der Waals surface area contributed by atoms with E-state index in [1.807, 2.05) is 17.0 Å². The molecular formula is C21H23F3N6O2. The molecule has 1 fully saturated rings. The Balaban J connectivity index is 1.69. The first-order valence-corrected chi connectivity index (χ1v) is 9.97. The standard InChI is InChI=1S/C21H23F3N6O2/c1-31-17-8-4-15(5-9-17)26-19-27-18(25)28-20(29-10-12-32-13-11-29)30(19)16-6-2-14(3-7-16)21(22,23)24/h2-9,19,26H,10-13H2,1H3,(H2,25,27). The summed E-state index contributed by atoms with van der Waals surface area (Å²) in [6, 6.07) is 12.1. The normalized spacial score (nSPS) is 19.3. The first kappa shape index (κ1) is 21.8. The van der Waals surface area contributed by atoms with E-state index in [4.69, 9.17) is 15.2 Å². The molecule has 0 bridgehead atoms. The van der Waals surface area contributed by atoms with Gasteiger partial charge >= 0.3 is 6.18 Å². The highest BCUT2D eigenvalue weighted by Crippen LogP contribution is 2.32. The lowest BCUT2D eigenvalue weighted by Gasteiger charge is -2.41. The quantitative estimate of drug-likeness (QED) is 0.748. The molecule has 0 spiro atoms. The van der Waals surface area contributed by atoms with Gasteiger partial charge in [0, 0.05) is 24.5 Å². The number of alkyl halides is 3. The van der Waals surface area contributed by atoms with Crippen LogP contribution in [0.3, 0.4) is 0 Å². The molecule has 11 heteroatoms. The zero-order valence-corrected chi connectivity index (χ0v) is 17.3. The van der Waals surface area contributed by atoms with Crippen molar-refractivity contribution < 1.29 is 22.6 Å². The van der Waals surface area contributed by atoms with Crippen LogP contribution in [0.25, 0.3) is 0 Å². The molecule has 0 aliphatic carbocycles. The number of nitrogens with zero attached hydrogens (tertiary/aromatic N) is 4. The Labute approximate surface area is 183 Å². The largest absolute Gasteiger partial charge is 0.497 e. The third-order valence-electron chi connectivity index (χ3n) is 5.08. The third-order valence-corrected chi connectivity index (χ3v) is 5.08. The van der Waals surface area contributed by atoms with E-state index in [1.54, 1.807) is 24.1 Å². The number of rotatable bonds is 4. The van der Waals surface area contributed by atoms with E-state index in [0.29, 0.717) is 43.7 Å².